The van der Waals surface area contributed by atoms with E-state index >= 15 is 0 Å². The van der Waals surface area contributed by atoms with Gasteiger partial charge in [0.1, 0.15) is 0 Å². The van der Waals surface area contributed by atoms with E-state index in [-0.39, 0.29) is 23.2 Å². The lowest BCUT2D eigenvalue weighted by Gasteiger charge is -2.34. The van der Waals surface area contributed by atoms with Crippen LogP contribution in [0.5, 0.6) is 0 Å². The van der Waals surface area contributed by atoms with Crippen LogP contribution in [-0.4, -0.2) is 70.0 Å². The van der Waals surface area contributed by atoms with E-state index in [4.69, 9.17) is 4.98 Å². The van der Waals surface area contributed by atoms with Gasteiger partial charge < -0.3 is 10.2 Å². The van der Waals surface area contributed by atoms with Crippen LogP contribution in [0.4, 0.5) is 10.8 Å². The summed E-state index contributed by atoms with van der Waals surface area (Å²) in [5.41, 5.74) is 4.51. The highest BCUT2D eigenvalue weighted by Gasteiger charge is 2.30. The average Bonchev–Trinajstić information content (AvgIpc) is 3.59. The van der Waals surface area contributed by atoms with E-state index in [0.29, 0.717) is 25.1 Å². The maximum absolute atomic E-state index is 13.2. The van der Waals surface area contributed by atoms with Crippen LogP contribution >= 0.6 is 23.7 Å². The van der Waals surface area contributed by atoms with Crippen molar-refractivity contribution < 1.29 is 13.2 Å². The molecule has 0 bridgehead atoms. The summed E-state index contributed by atoms with van der Waals surface area (Å²) in [5, 5.41) is 4.05. The third-order valence-electron chi connectivity index (χ3n) is 7.51. The number of hydrogen-bond acceptors (Lipinski definition) is 7. The van der Waals surface area contributed by atoms with Gasteiger partial charge in [0.25, 0.3) is 15.9 Å². The van der Waals surface area contributed by atoms with Gasteiger partial charge in [0, 0.05) is 51.4 Å². The second-order valence-corrected chi connectivity index (χ2v) is 12.9. The van der Waals surface area contributed by atoms with Crippen molar-refractivity contribution in [1.29, 1.82) is 0 Å². The number of nitrogens with zero attached hydrogens (tertiary/aromatic N) is 4. The first kappa shape index (κ1) is 28.4. The van der Waals surface area contributed by atoms with Gasteiger partial charge in [-0.3, -0.25) is 14.0 Å². The molecular formula is C29H32ClN5O3S2. The molecule has 0 aliphatic carbocycles. The standard InChI is InChI=1S/C29H31N5O3S2.ClH/c1-21-5-4-8-26-27(21)31-29(38-26)33-19-17-32(18-20-33)16-14-30-28(35)23-9-11-24(12-10-23)39(36,37)34-15-13-22-6-2-3-7-25(22)34;/h2-12H,13-20H2,1H3,(H,30,35);1H. The molecule has 2 aliphatic heterocycles. The number of thiazole rings is 1. The zero-order valence-corrected chi connectivity index (χ0v) is 24.7. The third-order valence-corrected chi connectivity index (χ3v) is 10.4. The largest absolute Gasteiger partial charge is 0.351 e. The molecule has 0 atom stereocenters. The number of amides is 1. The molecule has 6 rings (SSSR count). The molecule has 2 aliphatic rings. The van der Waals surface area contributed by atoms with Gasteiger partial charge in [-0.15, -0.1) is 12.4 Å². The SMILES string of the molecule is Cc1cccc2sc(N3CCN(CCNC(=O)c4ccc(S(=O)(=O)N5CCc6ccccc65)cc4)CC3)nc12.Cl. The van der Waals surface area contributed by atoms with Crippen LogP contribution in [0.3, 0.4) is 0 Å². The Hall–Kier alpha value is -3.18. The van der Waals surface area contributed by atoms with E-state index in [9.17, 15) is 13.2 Å². The molecule has 1 fully saturated rings. The topological polar surface area (TPSA) is 85.8 Å². The van der Waals surface area contributed by atoms with Gasteiger partial charge in [-0.2, -0.15) is 0 Å². The van der Waals surface area contributed by atoms with Crippen molar-refractivity contribution in [1.82, 2.24) is 15.2 Å². The molecule has 0 unspecified atom stereocenters. The Morgan fingerprint density at radius 2 is 1.70 bits per heavy atom. The number of carbonyl (C=O) groups is 1. The van der Waals surface area contributed by atoms with Crippen molar-refractivity contribution in [3.05, 3.63) is 83.4 Å². The lowest BCUT2D eigenvalue weighted by Crippen LogP contribution is -2.48. The van der Waals surface area contributed by atoms with Crippen molar-refractivity contribution >= 4 is 60.7 Å². The minimum Gasteiger partial charge on any atom is -0.351 e. The second kappa shape index (κ2) is 11.7. The molecule has 0 saturated carbocycles. The Balaban J connectivity index is 0.00000323. The number of piperazine rings is 1. The summed E-state index contributed by atoms with van der Waals surface area (Å²) >= 11 is 1.74. The number of halogens is 1. The van der Waals surface area contributed by atoms with Crippen LogP contribution in [0, 0.1) is 6.92 Å². The maximum atomic E-state index is 13.2. The van der Waals surface area contributed by atoms with E-state index in [1.807, 2.05) is 24.3 Å². The highest BCUT2D eigenvalue weighted by Crippen LogP contribution is 2.33. The number of hydrogen-bond donors (Lipinski definition) is 1. The number of nitrogens with one attached hydrogen (secondary N) is 1. The molecule has 1 amide bonds. The van der Waals surface area contributed by atoms with E-state index < -0.39 is 10.0 Å². The highest BCUT2D eigenvalue weighted by molar-refractivity contribution is 7.92. The summed E-state index contributed by atoms with van der Waals surface area (Å²) in [6.07, 6.45) is 0.701. The molecule has 3 heterocycles. The zero-order chi connectivity index (χ0) is 27.0. The number of aryl methyl sites for hydroxylation is 1. The smallest absolute Gasteiger partial charge is 0.264 e. The molecule has 0 spiro atoms. The maximum Gasteiger partial charge on any atom is 0.264 e. The fourth-order valence-electron chi connectivity index (χ4n) is 5.27. The number of aromatic nitrogens is 1. The lowest BCUT2D eigenvalue weighted by molar-refractivity contribution is 0.0947. The number of anilines is 2. The fourth-order valence-corrected chi connectivity index (χ4v) is 7.86. The van der Waals surface area contributed by atoms with Crippen molar-refractivity contribution in [2.45, 2.75) is 18.2 Å². The molecule has 11 heteroatoms. The molecule has 4 aromatic rings. The van der Waals surface area contributed by atoms with E-state index in [2.05, 4.69) is 40.2 Å². The zero-order valence-electron chi connectivity index (χ0n) is 22.2. The molecule has 1 aromatic heterocycles. The molecular weight excluding hydrogens is 566 g/mol. The monoisotopic (exact) mass is 597 g/mol. The normalized spacial score (nSPS) is 15.6. The molecule has 40 heavy (non-hydrogen) atoms. The minimum absolute atomic E-state index is 0. The van der Waals surface area contributed by atoms with Crippen LogP contribution in [0.2, 0.25) is 0 Å². The van der Waals surface area contributed by atoms with Crippen LogP contribution < -0.4 is 14.5 Å². The predicted octanol–water partition coefficient (Wildman–Crippen LogP) is 4.33. The van der Waals surface area contributed by atoms with E-state index in [1.54, 1.807) is 23.5 Å². The summed E-state index contributed by atoms with van der Waals surface area (Å²) in [4.78, 5) is 22.5. The highest BCUT2D eigenvalue weighted by atomic mass is 35.5. The van der Waals surface area contributed by atoms with E-state index in [1.165, 1.54) is 26.7 Å². The predicted molar refractivity (Wildman–Crippen MR) is 164 cm³/mol. The molecule has 1 saturated heterocycles. The van der Waals surface area contributed by atoms with Crippen LogP contribution in [0.25, 0.3) is 10.2 Å². The quantitative estimate of drug-likeness (QED) is 0.341. The van der Waals surface area contributed by atoms with Crippen LogP contribution in [-0.2, 0) is 16.4 Å². The molecule has 210 valence electrons. The Bertz CT molecular complexity index is 1620. The first-order valence-electron chi connectivity index (χ1n) is 13.2. The molecule has 8 nitrogen and oxygen atoms in total. The van der Waals surface area contributed by atoms with Gasteiger partial charge in [-0.25, -0.2) is 13.4 Å². The number of sulfonamides is 1. The number of benzene rings is 3. The van der Waals surface area contributed by atoms with Gasteiger partial charge in [0.15, 0.2) is 5.13 Å². The Morgan fingerprint density at radius 1 is 0.950 bits per heavy atom. The summed E-state index contributed by atoms with van der Waals surface area (Å²) in [6, 6.07) is 20.1. The Morgan fingerprint density at radius 3 is 2.45 bits per heavy atom. The van der Waals surface area contributed by atoms with Crippen molar-refractivity contribution in [3.8, 4) is 0 Å². The fraction of sp³-hybridized carbons (Fsp3) is 0.310. The number of rotatable bonds is 7. The van der Waals surface area contributed by atoms with E-state index in [0.717, 1.165) is 54.6 Å². The van der Waals surface area contributed by atoms with Gasteiger partial charge in [0.05, 0.1) is 20.8 Å². The van der Waals surface area contributed by atoms with Crippen molar-refractivity contribution in [2.24, 2.45) is 0 Å². The Labute approximate surface area is 245 Å². The first-order valence-corrected chi connectivity index (χ1v) is 15.5. The third kappa shape index (κ3) is 5.54. The van der Waals surface area contributed by atoms with Gasteiger partial charge >= 0.3 is 0 Å². The van der Waals surface area contributed by atoms with Gasteiger partial charge in [-0.05, 0) is 60.9 Å². The van der Waals surface area contributed by atoms with Gasteiger partial charge in [0.2, 0.25) is 0 Å². The summed E-state index contributed by atoms with van der Waals surface area (Å²) in [6.45, 7) is 7.46. The number of para-hydroxylation sites is 2. The first-order chi connectivity index (χ1) is 18.9. The van der Waals surface area contributed by atoms with Crippen molar-refractivity contribution in [3.63, 3.8) is 0 Å². The second-order valence-electron chi connectivity index (χ2n) is 9.98. The Kier molecular flexibility index (Phi) is 8.32. The summed E-state index contributed by atoms with van der Waals surface area (Å²) in [7, 11) is -3.67. The number of carbonyl (C=O) groups excluding carboxylic acids is 1. The molecule has 0 radical (unpaired) electrons. The molecule has 1 N–H and O–H groups in total. The van der Waals surface area contributed by atoms with Gasteiger partial charge in [-0.1, -0.05) is 41.7 Å². The lowest BCUT2D eigenvalue weighted by atomic mass is 10.2. The summed E-state index contributed by atoms with van der Waals surface area (Å²) < 4.78 is 29.1. The summed E-state index contributed by atoms with van der Waals surface area (Å²) in [5.74, 6) is -0.200. The average molecular weight is 598 g/mol. The number of fused-ring (bicyclic) bond motifs is 2. The van der Waals surface area contributed by atoms with Crippen LogP contribution in [0.15, 0.2) is 71.6 Å². The van der Waals surface area contributed by atoms with Crippen LogP contribution in [0.1, 0.15) is 21.5 Å². The molecule has 3 aromatic carbocycles. The van der Waals surface area contributed by atoms with Crippen molar-refractivity contribution in [2.75, 3.05) is 55.0 Å². The minimum atomic E-state index is -3.67.